The summed E-state index contributed by atoms with van der Waals surface area (Å²) in [7, 11) is 0. The van der Waals surface area contributed by atoms with Crippen molar-refractivity contribution in [2.24, 2.45) is 5.92 Å². The minimum atomic E-state index is -0.229. The maximum atomic E-state index is 12.4. The Morgan fingerprint density at radius 2 is 1.56 bits per heavy atom. The van der Waals surface area contributed by atoms with E-state index in [4.69, 9.17) is 5.41 Å². The molecular formula is C26H42N6O2. The van der Waals surface area contributed by atoms with Gasteiger partial charge in [-0.05, 0) is 51.3 Å². The first-order valence-electron chi connectivity index (χ1n) is 12.1. The molecule has 0 saturated carbocycles. The van der Waals surface area contributed by atoms with Crippen molar-refractivity contribution in [1.29, 1.82) is 5.41 Å². The molecule has 1 aliphatic heterocycles. The van der Waals surface area contributed by atoms with E-state index in [9.17, 15) is 9.59 Å². The van der Waals surface area contributed by atoms with Crippen LogP contribution in [-0.4, -0.2) is 78.7 Å². The molecule has 0 aliphatic carbocycles. The van der Waals surface area contributed by atoms with Gasteiger partial charge in [-0.25, -0.2) is 0 Å². The normalized spacial score (nSPS) is 15.8. The van der Waals surface area contributed by atoms with Crippen molar-refractivity contribution < 1.29 is 9.59 Å². The van der Waals surface area contributed by atoms with Crippen LogP contribution in [0.5, 0.6) is 0 Å². The molecule has 0 spiro atoms. The summed E-state index contributed by atoms with van der Waals surface area (Å²) < 4.78 is 0. The van der Waals surface area contributed by atoms with Gasteiger partial charge in [0.25, 0.3) is 0 Å². The lowest BCUT2D eigenvalue weighted by atomic mass is 10.1. The molecule has 1 fully saturated rings. The van der Waals surface area contributed by atoms with Gasteiger partial charge >= 0.3 is 0 Å². The predicted molar refractivity (Wildman–Crippen MR) is 139 cm³/mol. The predicted octanol–water partition coefficient (Wildman–Crippen LogP) is 2.70. The highest BCUT2D eigenvalue weighted by Gasteiger charge is 2.22. The van der Waals surface area contributed by atoms with E-state index < -0.39 is 0 Å². The minimum Gasteiger partial charge on any atom is -0.359 e. The SMILES string of the molecule is CC(C)C/C(=C/C(=N)CNC(=O)CN1CCN(CC(=O)NC(C)(C)C)CC1)Nc1ccccc1. The van der Waals surface area contributed by atoms with E-state index in [1.165, 1.54) is 0 Å². The molecule has 4 N–H and O–H groups in total. The number of benzene rings is 1. The van der Waals surface area contributed by atoms with Crippen molar-refractivity contribution in [3.8, 4) is 0 Å². The molecule has 1 aromatic carbocycles. The standard InChI is InChI=1S/C26H42N6O2/c1-20(2)15-23(29-22-9-7-6-8-10-22)16-21(27)17-28-24(33)18-31-11-13-32(14-12-31)19-25(34)30-26(3,4)5/h6-10,16,20,27,29H,11-15,17-19H2,1-5H3,(H,28,33)(H,30,34)/b23-16-,27-21?. The number of allylic oxidation sites excluding steroid dienone is 1. The third-order valence-corrected chi connectivity index (χ3v) is 5.25. The van der Waals surface area contributed by atoms with Gasteiger partial charge in [-0.2, -0.15) is 0 Å². The molecule has 0 radical (unpaired) electrons. The monoisotopic (exact) mass is 470 g/mol. The maximum Gasteiger partial charge on any atom is 0.234 e. The van der Waals surface area contributed by atoms with Crippen molar-refractivity contribution in [3.05, 3.63) is 42.1 Å². The molecular weight excluding hydrogens is 428 g/mol. The largest absolute Gasteiger partial charge is 0.359 e. The smallest absolute Gasteiger partial charge is 0.234 e. The van der Waals surface area contributed by atoms with Crippen molar-refractivity contribution >= 4 is 23.2 Å². The molecule has 1 aliphatic rings. The molecule has 8 nitrogen and oxygen atoms in total. The molecule has 34 heavy (non-hydrogen) atoms. The zero-order chi connectivity index (χ0) is 25.1. The van der Waals surface area contributed by atoms with Crippen LogP contribution < -0.4 is 16.0 Å². The number of carbonyl (C=O) groups excluding carboxylic acids is 2. The Morgan fingerprint density at radius 3 is 2.09 bits per heavy atom. The summed E-state index contributed by atoms with van der Waals surface area (Å²) in [5, 5.41) is 17.6. The third kappa shape index (κ3) is 11.4. The van der Waals surface area contributed by atoms with Crippen LogP contribution in [0.25, 0.3) is 0 Å². The van der Waals surface area contributed by atoms with E-state index in [1.54, 1.807) is 0 Å². The minimum absolute atomic E-state index is 0.0313. The van der Waals surface area contributed by atoms with Crippen LogP contribution >= 0.6 is 0 Å². The van der Waals surface area contributed by atoms with Gasteiger partial charge in [0.15, 0.2) is 0 Å². The summed E-state index contributed by atoms with van der Waals surface area (Å²) in [4.78, 5) is 28.7. The van der Waals surface area contributed by atoms with Crippen molar-refractivity contribution in [2.75, 3.05) is 51.1 Å². The molecule has 0 bridgehead atoms. The molecule has 2 rings (SSSR count). The van der Waals surface area contributed by atoms with E-state index in [0.29, 0.717) is 24.7 Å². The first-order chi connectivity index (χ1) is 16.0. The maximum absolute atomic E-state index is 12.4. The second-order valence-electron chi connectivity index (χ2n) is 10.4. The van der Waals surface area contributed by atoms with Gasteiger partial charge < -0.3 is 21.4 Å². The van der Waals surface area contributed by atoms with E-state index in [0.717, 1.165) is 44.0 Å². The fourth-order valence-electron chi connectivity index (χ4n) is 3.77. The molecule has 2 amide bonds. The lowest BCUT2D eigenvalue weighted by molar-refractivity contribution is -0.125. The highest BCUT2D eigenvalue weighted by Crippen LogP contribution is 2.15. The Morgan fingerprint density at radius 1 is 1.00 bits per heavy atom. The van der Waals surface area contributed by atoms with Crippen LogP contribution in [0.1, 0.15) is 41.0 Å². The number of carbonyl (C=O) groups is 2. The molecule has 0 atom stereocenters. The average molecular weight is 471 g/mol. The molecule has 8 heteroatoms. The van der Waals surface area contributed by atoms with Crippen LogP contribution in [0.15, 0.2) is 42.1 Å². The van der Waals surface area contributed by atoms with Crippen molar-refractivity contribution in [1.82, 2.24) is 20.4 Å². The number of piperazine rings is 1. The first-order valence-corrected chi connectivity index (χ1v) is 12.1. The fourth-order valence-corrected chi connectivity index (χ4v) is 3.77. The van der Waals surface area contributed by atoms with Gasteiger partial charge in [-0.15, -0.1) is 0 Å². The number of rotatable bonds is 11. The van der Waals surface area contributed by atoms with E-state index in [1.807, 2.05) is 57.2 Å². The number of hydrogen-bond donors (Lipinski definition) is 4. The summed E-state index contributed by atoms with van der Waals surface area (Å²) in [6.07, 6.45) is 2.64. The summed E-state index contributed by atoms with van der Waals surface area (Å²) in [6.45, 7) is 14.1. The number of amides is 2. The zero-order valence-corrected chi connectivity index (χ0v) is 21.4. The summed E-state index contributed by atoms with van der Waals surface area (Å²) >= 11 is 0. The van der Waals surface area contributed by atoms with Gasteiger partial charge in [0.2, 0.25) is 11.8 Å². The Hall–Kier alpha value is -2.71. The number of para-hydroxylation sites is 1. The Labute approximate surface area is 204 Å². The Kier molecular flexibility index (Phi) is 10.7. The third-order valence-electron chi connectivity index (χ3n) is 5.25. The van der Waals surface area contributed by atoms with Gasteiger partial charge in [-0.3, -0.25) is 19.4 Å². The van der Waals surface area contributed by atoms with Gasteiger partial charge in [0.05, 0.1) is 25.3 Å². The van der Waals surface area contributed by atoms with Gasteiger partial charge in [0.1, 0.15) is 0 Å². The number of nitrogens with one attached hydrogen (secondary N) is 4. The fraction of sp³-hybridized carbons (Fsp3) is 0.577. The van der Waals surface area contributed by atoms with Crippen molar-refractivity contribution in [2.45, 2.75) is 46.6 Å². The second kappa shape index (κ2) is 13.2. The molecule has 1 aromatic rings. The number of hydrogen-bond acceptors (Lipinski definition) is 6. The van der Waals surface area contributed by atoms with E-state index in [-0.39, 0.29) is 23.9 Å². The van der Waals surface area contributed by atoms with Crippen molar-refractivity contribution in [3.63, 3.8) is 0 Å². The highest BCUT2D eigenvalue weighted by molar-refractivity contribution is 5.97. The second-order valence-corrected chi connectivity index (χ2v) is 10.4. The quantitative estimate of drug-likeness (QED) is 0.373. The Bertz CT molecular complexity index is 837. The average Bonchev–Trinajstić information content (AvgIpc) is 2.72. The van der Waals surface area contributed by atoms with Crippen LogP contribution in [0, 0.1) is 11.3 Å². The van der Waals surface area contributed by atoms with Crippen LogP contribution in [0.3, 0.4) is 0 Å². The van der Waals surface area contributed by atoms with Crippen LogP contribution in [0.2, 0.25) is 0 Å². The zero-order valence-electron chi connectivity index (χ0n) is 21.4. The first kappa shape index (κ1) is 27.5. The topological polar surface area (TPSA) is 101 Å². The molecule has 0 aromatic heterocycles. The van der Waals surface area contributed by atoms with Crippen LogP contribution in [0.4, 0.5) is 5.69 Å². The Balaban J connectivity index is 1.74. The highest BCUT2D eigenvalue weighted by atomic mass is 16.2. The molecule has 188 valence electrons. The molecule has 1 saturated heterocycles. The summed E-state index contributed by atoms with van der Waals surface area (Å²) in [6, 6.07) is 9.91. The number of anilines is 1. The number of nitrogens with zero attached hydrogens (tertiary/aromatic N) is 2. The lowest BCUT2D eigenvalue weighted by Gasteiger charge is -2.34. The van der Waals surface area contributed by atoms with E-state index in [2.05, 4.69) is 39.6 Å². The van der Waals surface area contributed by atoms with Crippen LogP contribution in [-0.2, 0) is 9.59 Å². The molecule has 1 heterocycles. The summed E-state index contributed by atoms with van der Waals surface area (Å²) in [5.74, 6) is 0.394. The lowest BCUT2D eigenvalue weighted by Crippen LogP contribution is -2.53. The van der Waals surface area contributed by atoms with Gasteiger partial charge in [0, 0.05) is 43.1 Å². The van der Waals surface area contributed by atoms with E-state index >= 15 is 0 Å². The molecule has 0 unspecified atom stereocenters. The van der Waals surface area contributed by atoms with Gasteiger partial charge in [-0.1, -0.05) is 32.0 Å². The summed E-state index contributed by atoms with van der Waals surface area (Å²) in [5.41, 5.74) is 2.09.